The van der Waals surface area contributed by atoms with Gasteiger partial charge in [-0.2, -0.15) is 0 Å². The SMILES string of the molecule is CC(=COC=C(C)CO)CO. The molecule has 0 atom stereocenters. The molecule has 0 aromatic rings. The summed E-state index contributed by atoms with van der Waals surface area (Å²) >= 11 is 0. The van der Waals surface area contributed by atoms with Crippen LogP contribution in [-0.4, -0.2) is 23.4 Å². The molecule has 0 radical (unpaired) electrons. The summed E-state index contributed by atoms with van der Waals surface area (Å²) in [5, 5.41) is 17.1. The fraction of sp³-hybridized carbons (Fsp3) is 0.500. The van der Waals surface area contributed by atoms with Crippen molar-refractivity contribution in [2.45, 2.75) is 13.8 Å². The molecule has 0 amide bonds. The zero-order chi connectivity index (χ0) is 8.69. The van der Waals surface area contributed by atoms with E-state index in [1.165, 1.54) is 12.5 Å². The van der Waals surface area contributed by atoms with Crippen LogP contribution in [-0.2, 0) is 4.74 Å². The predicted molar refractivity (Wildman–Crippen MR) is 42.8 cm³/mol. The molecule has 0 saturated carbocycles. The minimum Gasteiger partial charge on any atom is -0.473 e. The Labute approximate surface area is 66.6 Å². The molecule has 0 aliphatic heterocycles. The van der Waals surface area contributed by atoms with Gasteiger partial charge in [0.2, 0.25) is 0 Å². The monoisotopic (exact) mass is 158 g/mol. The van der Waals surface area contributed by atoms with E-state index in [0.29, 0.717) is 0 Å². The molecule has 0 spiro atoms. The molecule has 0 heterocycles. The van der Waals surface area contributed by atoms with Crippen LogP contribution >= 0.6 is 0 Å². The van der Waals surface area contributed by atoms with Crippen molar-refractivity contribution < 1.29 is 14.9 Å². The third-order valence-corrected chi connectivity index (χ3v) is 1.04. The van der Waals surface area contributed by atoms with Gasteiger partial charge in [0.05, 0.1) is 25.7 Å². The van der Waals surface area contributed by atoms with E-state index in [0.717, 1.165) is 11.1 Å². The molecule has 0 bridgehead atoms. The first-order valence-corrected chi connectivity index (χ1v) is 3.39. The van der Waals surface area contributed by atoms with E-state index in [1.54, 1.807) is 13.8 Å². The first-order valence-electron chi connectivity index (χ1n) is 3.39. The van der Waals surface area contributed by atoms with Crippen LogP contribution in [0.3, 0.4) is 0 Å². The van der Waals surface area contributed by atoms with E-state index in [2.05, 4.69) is 0 Å². The van der Waals surface area contributed by atoms with Crippen LogP contribution in [0.15, 0.2) is 23.7 Å². The van der Waals surface area contributed by atoms with Crippen LogP contribution in [0.1, 0.15) is 13.8 Å². The number of ether oxygens (including phenoxy) is 1. The third kappa shape index (κ3) is 5.63. The van der Waals surface area contributed by atoms with Gasteiger partial charge in [0.1, 0.15) is 0 Å². The molecule has 0 aromatic heterocycles. The largest absolute Gasteiger partial charge is 0.473 e. The standard InChI is InChI=1S/C8H14O3/c1-7(3-9)5-11-6-8(2)4-10/h5-6,9-10H,3-4H2,1-2H3. The Bertz CT molecular complexity index is 141. The summed E-state index contributed by atoms with van der Waals surface area (Å²) in [5.41, 5.74) is 1.49. The maximum Gasteiger partial charge on any atom is 0.0913 e. The molecule has 2 N–H and O–H groups in total. The lowest BCUT2D eigenvalue weighted by Crippen LogP contribution is -1.86. The van der Waals surface area contributed by atoms with Crippen LogP contribution < -0.4 is 0 Å². The van der Waals surface area contributed by atoms with Gasteiger partial charge in [0.25, 0.3) is 0 Å². The van der Waals surface area contributed by atoms with E-state index >= 15 is 0 Å². The van der Waals surface area contributed by atoms with Crippen molar-refractivity contribution in [3.05, 3.63) is 23.7 Å². The zero-order valence-electron chi connectivity index (χ0n) is 6.87. The average Bonchev–Trinajstić information content (AvgIpc) is 2.04. The maximum absolute atomic E-state index is 8.54. The summed E-state index contributed by atoms with van der Waals surface area (Å²) in [4.78, 5) is 0. The summed E-state index contributed by atoms with van der Waals surface area (Å²) in [7, 11) is 0. The Balaban J connectivity index is 3.71. The highest BCUT2D eigenvalue weighted by atomic mass is 16.5. The molecule has 0 aliphatic rings. The van der Waals surface area contributed by atoms with Crippen LogP contribution in [0.2, 0.25) is 0 Å². The molecule has 64 valence electrons. The molecule has 0 saturated heterocycles. The van der Waals surface area contributed by atoms with Gasteiger partial charge >= 0.3 is 0 Å². The van der Waals surface area contributed by atoms with Crippen molar-refractivity contribution in [2.24, 2.45) is 0 Å². The van der Waals surface area contributed by atoms with Crippen LogP contribution in [0.25, 0.3) is 0 Å². The van der Waals surface area contributed by atoms with Gasteiger partial charge in [0, 0.05) is 0 Å². The van der Waals surface area contributed by atoms with Crippen molar-refractivity contribution in [1.29, 1.82) is 0 Å². The number of aliphatic hydroxyl groups excluding tert-OH is 2. The first-order chi connectivity index (χ1) is 5.20. The minimum atomic E-state index is -0.00792. The molecule has 0 aromatic carbocycles. The van der Waals surface area contributed by atoms with Gasteiger partial charge in [-0.1, -0.05) is 0 Å². The lowest BCUT2D eigenvalue weighted by atomic mass is 10.4. The van der Waals surface area contributed by atoms with E-state index in [1.807, 2.05) is 0 Å². The Kier molecular flexibility index (Phi) is 5.51. The van der Waals surface area contributed by atoms with E-state index in [9.17, 15) is 0 Å². The van der Waals surface area contributed by atoms with Crippen molar-refractivity contribution in [1.82, 2.24) is 0 Å². The van der Waals surface area contributed by atoms with Gasteiger partial charge in [0.15, 0.2) is 0 Å². The van der Waals surface area contributed by atoms with Gasteiger partial charge in [-0.25, -0.2) is 0 Å². The summed E-state index contributed by atoms with van der Waals surface area (Å²) in [6.07, 6.45) is 2.89. The molecule has 0 unspecified atom stereocenters. The second kappa shape index (κ2) is 5.95. The highest BCUT2D eigenvalue weighted by Crippen LogP contribution is 1.95. The van der Waals surface area contributed by atoms with Crippen molar-refractivity contribution >= 4 is 0 Å². The molecular formula is C8H14O3. The molecule has 0 fully saturated rings. The van der Waals surface area contributed by atoms with Gasteiger partial charge in [-0.3, -0.25) is 0 Å². The smallest absolute Gasteiger partial charge is 0.0913 e. The molecule has 0 aliphatic carbocycles. The summed E-state index contributed by atoms with van der Waals surface area (Å²) in [5.74, 6) is 0. The van der Waals surface area contributed by atoms with Crippen molar-refractivity contribution in [3.63, 3.8) is 0 Å². The first kappa shape index (κ1) is 10.2. The van der Waals surface area contributed by atoms with Crippen LogP contribution in [0.5, 0.6) is 0 Å². The lowest BCUT2D eigenvalue weighted by Gasteiger charge is -1.96. The molecule has 3 heteroatoms. The minimum absolute atomic E-state index is 0.00792. The summed E-state index contributed by atoms with van der Waals surface area (Å²) < 4.78 is 4.89. The summed E-state index contributed by atoms with van der Waals surface area (Å²) in [6.45, 7) is 3.49. The van der Waals surface area contributed by atoms with Crippen LogP contribution in [0.4, 0.5) is 0 Å². The Hall–Kier alpha value is -0.800. The highest BCUT2D eigenvalue weighted by Gasteiger charge is 1.85. The second-order valence-electron chi connectivity index (χ2n) is 2.38. The maximum atomic E-state index is 8.54. The Morgan fingerprint density at radius 1 is 1.09 bits per heavy atom. The topological polar surface area (TPSA) is 49.7 Å². The highest BCUT2D eigenvalue weighted by molar-refractivity contribution is 4.97. The quantitative estimate of drug-likeness (QED) is 0.595. The van der Waals surface area contributed by atoms with Gasteiger partial charge < -0.3 is 14.9 Å². The van der Waals surface area contributed by atoms with E-state index in [4.69, 9.17) is 14.9 Å². The number of hydrogen-bond donors (Lipinski definition) is 2. The van der Waals surface area contributed by atoms with Crippen molar-refractivity contribution in [2.75, 3.05) is 13.2 Å². The molecule has 3 nitrogen and oxygen atoms in total. The zero-order valence-corrected chi connectivity index (χ0v) is 6.87. The molecule has 11 heavy (non-hydrogen) atoms. The predicted octanol–water partition coefficient (Wildman–Crippen LogP) is 0.795. The van der Waals surface area contributed by atoms with Crippen molar-refractivity contribution in [3.8, 4) is 0 Å². The number of aliphatic hydroxyl groups is 2. The third-order valence-electron chi connectivity index (χ3n) is 1.04. The van der Waals surface area contributed by atoms with E-state index < -0.39 is 0 Å². The van der Waals surface area contributed by atoms with E-state index in [-0.39, 0.29) is 13.2 Å². The van der Waals surface area contributed by atoms with Gasteiger partial charge in [-0.15, -0.1) is 0 Å². The van der Waals surface area contributed by atoms with Crippen LogP contribution in [0, 0.1) is 0 Å². The fourth-order valence-electron chi connectivity index (χ4n) is 0.341. The lowest BCUT2D eigenvalue weighted by molar-refractivity contribution is 0.308. The fourth-order valence-corrected chi connectivity index (χ4v) is 0.341. The Morgan fingerprint density at radius 3 is 1.73 bits per heavy atom. The Morgan fingerprint density at radius 2 is 1.45 bits per heavy atom. The molecule has 0 rings (SSSR count). The normalized spacial score (nSPS) is 13.5. The summed E-state index contributed by atoms with van der Waals surface area (Å²) in [6, 6.07) is 0. The average molecular weight is 158 g/mol. The molecular weight excluding hydrogens is 144 g/mol. The number of rotatable bonds is 4. The number of hydrogen-bond acceptors (Lipinski definition) is 3. The van der Waals surface area contributed by atoms with Gasteiger partial charge in [-0.05, 0) is 25.0 Å². The second-order valence-corrected chi connectivity index (χ2v) is 2.38.